The molecule has 1 aromatic carbocycles. The maximum absolute atomic E-state index is 5.95. The van der Waals surface area contributed by atoms with E-state index in [9.17, 15) is 0 Å². The van der Waals surface area contributed by atoms with Gasteiger partial charge < -0.3 is 29.7 Å². The molecule has 1 aromatic rings. The molecule has 0 saturated carbocycles. The Morgan fingerprint density at radius 1 is 1.18 bits per heavy atom. The number of hydrogen-bond acceptors (Lipinski definition) is 5. The predicted molar refractivity (Wildman–Crippen MR) is 114 cm³/mol. The van der Waals surface area contributed by atoms with Crippen LogP contribution in [0.2, 0.25) is 0 Å². The number of ether oxygens (including phenoxy) is 3. The molecule has 7 heteroatoms. The molecule has 0 bridgehead atoms. The van der Waals surface area contributed by atoms with Crippen LogP contribution in [-0.2, 0) is 4.74 Å². The van der Waals surface area contributed by atoms with Gasteiger partial charge in [-0.05, 0) is 51.0 Å². The lowest BCUT2D eigenvalue weighted by Crippen LogP contribution is -2.49. The van der Waals surface area contributed by atoms with E-state index in [1.165, 1.54) is 0 Å². The van der Waals surface area contributed by atoms with Gasteiger partial charge in [0.15, 0.2) is 5.96 Å². The van der Waals surface area contributed by atoms with E-state index in [1.54, 1.807) is 14.2 Å². The standard InChI is InChI=1S/C21H36N4O3/c1-5-22-21(24-18-10-12-25(13-11-18)14-15-26-3)23-16-17(2)28-20-8-6-19(27-4)7-9-20/h6-9,17-18H,5,10-16H2,1-4H3,(H2,22,23,24). The van der Waals surface area contributed by atoms with E-state index in [-0.39, 0.29) is 6.10 Å². The molecule has 1 saturated heterocycles. The Bertz CT molecular complexity index is 572. The van der Waals surface area contributed by atoms with Crippen LogP contribution in [0.5, 0.6) is 11.5 Å². The molecule has 0 aromatic heterocycles. The summed E-state index contributed by atoms with van der Waals surface area (Å²) >= 11 is 0. The summed E-state index contributed by atoms with van der Waals surface area (Å²) in [5.41, 5.74) is 0. The van der Waals surface area contributed by atoms with Crippen LogP contribution < -0.4 is 20.1 Å². The molecule has 1 heterocycles. The van der Waals surface area contributed by atoms with Crippen molar-refractivity contribution in [3.8, 4) is 11.5 Å². The van der Waals surface area contributed by atoms with Crippen LogP contribution >= 0.6 is 0 Å². The zero-order chi connectivity index (χ0) is 20.2. The fraction of sp³-hybridized carbons (Fsp3) is 0.667. The number of rotatable bonds is 10. The first-order valence-corrected chi connectivity index (χ1v) is 10.2. The van der Waals surface area contributed by atoms with Crippen LogP contribution in [0.3, 0.4) is 0 Å². The summed E-state index contributed by atoms with van der Waals surface area (Å²) in [6.07, 6.45) is 2.22. The second kappa shape index (κ2) is 12.5. The summed E-state index contributed by atoms with van der Waals surface area (Å²) in [5.74, 6) is 2.51. The summed E-state index contributed by atoms with van der Waals surface area (Å²) in [5, 5.41) is 6.92. The molecule has 1 aliphatic rings. The van der Waals surface area contributed by atoms with Crippen molar-refractivity contribution in [3.63, 3.8) is 0 Å². The number of benzene rings is 1. The van der Waals surface area contributed by atoms with Gasteiger partial charge in [-0.2, -0.15) is 0 Å². The van der Waals surface area contributed by atoms with Gasteiger partial charge in [0.05, 0.1) is 20.3 Å². The lowest BCUT2D eigenvalue weighted by Gasteiger charge is -2.32. The van der Waals surface area contributed by atoms with Crippen molar-refractivity contribution in [2.24, 2.45) is 4.99 Å². The molecule has 0 amide bonds. The Morgan fingerprint density at radius 2 is 1.86 bits per heavy atom. The average molecular weight is 393 g/mol. The molecule has 1 aliphatic heterocycles. The summed E-state index contributed by atoms with van der Waals surface area (Å²) < 4.78 is 16.3. The largest absolute Gasteiger partial charge is 0.497 e. The minimum atomic E-state index is -0.0141. The summed E-state index contributed by atoms with van der Waals surface area (Å²) in [6.45, 7) is 9.55. The third-order valence-corrected chi connectivity index (χ3v) is 4.79. The average Bonchev–Trinajstić information content (AvgIpc) is 2.72. The van der Waals surface area contributed by atoms with Crippen LogP contribution in [0.4, 0.5) is 0 Å². The van der Waals surface area contributed by atoms with Gasteiger partial charge in [-0.1, -0.05) is 0 Å². The van der Waals surface area contributed by atoms with E-state index in [4.69, 9.17) is 19.2 Å². The van der Waals surface area contributed by atoms with E-state index in [2.05, 4.69) is 22.5 Å². The summed E-state index contributed by atoms with van der Waals surface area (Å²) in [6, 6.07) is 8.08. The third-order valence-electron chi connectivity index (χ3n) is 4.79. The fourth-order valence-electron chi connectivity index (χ4n) is 3.18. The molecular formula is C21H36N4O3. The van der Waals surface area contributed by atoms with Crippen molar-refractivity contribution in [3.05, 3.63) is 24.3 Å². The normalized spacial score (nSPS) is 17.2. The van der Waals surface area contributed by atoms with Gasteiger partial charge in [-0.15, -0.1) is 0 Å². The first-order chi connectivity index (χ1) is 13.6. The monoisotopic (exact) mass is 392 g/mol. The topological polar surface area (TPSA) is 67.4 Å². The smallest absolute Gasteiger partial charge is 0.191 e. The number of hydrogen-bond donors (Lipinski definition) is 2. The number of likely N-dealkylation sites (tertiary alicyclic amines) is 1. The van der Waals surface area contributed by atoms with Crippen molar-refractivity contribution >= 4 is 5.96 Å². The fourth-order valence-corrected chi connectivity index (χ4v) is 3.18. The molecule has 0 aliphatic carbocycles. The van der Waals surface area contributed by atoms with E-state index in [0.717, 1.165) is 63.1 Å². The van der Waals surface area contributed by atoms with Crippen molar-refractivity contribution in [2.45, 2.75) is 38.8 Å². The van der Waals surface area contributed by atoms with Crippen LogP contribution in [0.15, 0.2) is 29.3 Å². The molecule has 28 heavy (non-hydrogen) atoms. The lowest BCUT2D eigenvalue weighted by atomic mass is 10.1. The molecule has 2 rings (SSSR count). The van der Waals surface area contributed by atoms with E-state index in [0.29, 0.717) is 12.6 Å². The summed E-state index contributed by atoms with van der Waals surface area (Å²) in [7, 11) is 3.42. The second-order valence-electron chi connectivity index (χ2n) is 7.08. The lowest BCUT2D eigenvalue weighted by molar-refractivity contribution is 0.128. The van der Waals surface area contributed by atoms with Gasteiger partial charge in [0.25, 0.3) is 0 Å². The number of nitrogens with zero attached hydrogens (tertiary/aromatic N) is 2. The molecule has 0 radical (unpaired) electrons. The zero-order valence-corrected chi connectivity index (χ0v) is 17.7. The highest BCUT2D eigenvalue weighted by atomic mass is 16.5. The Hall–Kier alpha value is -1.99. The highest BCUT2D eigenvalue weighted by molar-refractivity contribution is 5.80. The van der Waals surface area contributed by atoms with E-state index < -0.39 is 0 Å². The van der Waals surface area contributed by atoms with Gasteiger partial charge in [-0.3, -0.25) is 0 Å². The van der Waals surface area contributed by atoms with Gasteiger partial charge in [0.1, 0.15) is 17.6 Å². The van der Waals surface area contributed by atoms with Gasteiger partial charge in [0.2, 0.25) is 0 Å². The zero-order valence-electron chi connectivity index (χ0n) is 17.7. The molecule has 1 unspecified atom stereocenters. The third kappa shape index (κ3) is 7.94. The molecule has 0 spiro atoms. The quantitative estimate of drug-likeness (QED) is 0.470. The highest BCUT2D eigenvalue weighted by Crippen LogP contribution is 2.18. The van der Waals surface area contributed by atoms with Crippen LogP contribution in [-0.4, -0.2) is 76.6 Å². The van der Waals surface area contributed by atoms with Crippen molar-refractivity contribution in [1.29, 1.82) is 0 Å². The van der Waals surface area contributed by atoms with Crippen LogP contribution in [0.1, 0.15) is 26.7 Å². The first-order valence-electron chi connectivity index (χ1n) is 10.2. The van der Waals surface area contributed by atoms with Gasteiger partial charge in [-0.25, -0.2) is 4.99 Å². The number of piperidine rings is 1. The minimum Gasteiger partial charge on any atom is -0.497 e. The molecule has 1 fully saturated rings. The summed E-state index contributed by atoms with van der Waals surface area (Å²) in [4.78, 5) is 7.17. The van der Waals surface area contributed by atoms with Crippen molar-refractivity contribution < 1.29 is 14.2 Å². The SMILES string of the molecule is CCNC(=NCC(C)Oc1ccc(OC)cc1)NC1CCN(CCOC)CC1. The second-order valence-corrected chi connectivity index (χ2v) is 7.08. The number of aliphatic imine (C=N–C) groups is 1. The van der Waals surface area contributed by atoms with Gasteiger partial charge >= 0.3 is 0 Å². The highest BCUT2D eigenvalue weighted by Gasteiger charge is 2.19. The molecule has 158 valence electrons. The minimum absolute atomic E-state index is 0.0141. The molecule has 7 nitrogen and oxygen atoms in total. The van der Waals surface area contributed by atoms with Crippen LogP contribution in [0, 0.1) is 0 Å². The maximum atomic E-state index is 5.95. The first kappa shape index (κ1) is 22.3. The predicted octanol–water partition coefficient (Wildman–Crippen LogP) is 2.13. The molecule has 1 atom stereocenters. The van der Waals surface area contributed by atoms with Crippen molar-refractivity contribution in [1.82, 2.24) is 15.5 Å². The van der Waals surface area contributed by atoms with Gasteiger partial charge in [0, 0.05) is 39.3 Å². The van der Waals surface area contributed by atoms with E-state index >= 15 is 0 Å². The van der Waals surface area contributed by atoms with E-state index in [1.807, 2.05) is 31.2 Å². The Kier molecular flexibility index (Phi) is 9.93. The van der Waals surface area contributed by atoms with Crippen LogP contribution in [0.25, 0.3) is 0 Å². The molecule has 2 N–H and O–H groups in total. The Labute approximate surface area is 169 Å². The number of nitrogens with one attached hydrogen (secondary N) is 2. The number of methoxy groups -OCH3 is 2. The Balaban J connectivity index is 1.79. The number of guanidine groups is 1. The maximum Gasteiger partial charge on any atom is 0.191 e. The van der Waals surface area contributed by atoms with Crippen molar-refractivity contribution in [2.75, 3.05) is 53.6 Å². The molecular weight excluding hydrogens is 356 g/mol. The Morgan fingerprint density at radius 3 is 2.46 bits per heavy atom.